The van der Waals surface area contributed by atoms with Crippen LogP contribution in [0.2, 0.25) is 0 Å². The molecule has 0 radical (unpaired) electrons. The lowest BCUT2D eigenvalue weighted by molar-refractivity contribution is -0.384. The van der Waals surface area contributed by atoms with Crippen LogP contribution < -0.4 is 4.90 Å². The van der Waals surface area contributed by atoms with Gasteiger partial charge in [-0.2, -0.15) is 0 Å². The van der Waals surface area contributed by atoms with Crippen LogP contribution in [0.15, 0.2) is 24.3 Å². The molecule has 1 aliphatic carbocycles. The van der Waals surface area contributed by atoms with E-state index in [0.29, 0.717) is 12.3 Å². The van der Waals surface area contributed by atoms with E-state index in [1.165, 1.54) is 12.1 Å². The molecule has 0 spiro atoms. The molecule has 1 aromatic rings. The van der Waals surface area contributed by atoms with Crippen molar-refractivity contribution in [3.05, 3.63) is 34.4 Å². The van der Waals surface area contributed by atoms with Crippen molar-refractivity contribution in [2.75, 3.05) is 18.1 Å². The van der Waals surface area contributed by atoms with E-state index in [1.54, 1.807) is 17.0 Å². The molecule has 0 aliphatic heterocycles. The van der Waals surface area contributed by atoms with Crippen molar-refractivity contribution in [3.63, 3.8) is 0 Å². The SMILES string of the molecule is CCOCC(=O)N(c1cccc([N+](=O)[O-])c1)C1CCCC1. The standard InChI is InChI=1S/C15H20N2O4/c1-2-21-11-15(18)16(12-6-3-4-7-12)13-8-5-9-14(10-13)17(19)20/h5,8-10,12H,2-4,6-7,11H2,1H3. The zero-order chi connectivity index (χ0) is 15.2. The molecule has 1 aromatic carbocycles. The van der Waals surface area contributed by atoms with Crippen molar-refractivity contribution in [1.29, 1.82) is 0 Å². The van der Waals surface area contributed by atoms with Crippen molar-refractivity contribution >= 4 is 17.3 Å². The number of nitrogens with zero attached hydrogens (tertiary/aromatic N) is 2. The highest BCUT2D eigenvalue weighted by molar-refractivity contribution is 5.95. The smallest absolute Gasteiger partial charge is 0.271 e. The number of nitro benzene ring substituents is 1. The summed E-state index contributed by atoms with van der Waals surface area (Å²) >= 11 is 0. The van der Waals surface area contributed by atoms with E-state index >= 15 is 0 Å². The van der Waals surface area contributed by atoms with Gasteiger partial charge in [-0.15, -0.1) is 0 Å². The second-order valence-electron chi connectivity index (χ2n) is 5.12. The van der Waals surface area contributed by atoms with Crippen molar-refractivity contribution in [2.45, 2.75) is 38.6 Å². The fourth-order valence-electron chi connectivity index (χ4n) is 2.74. The molecule has 114 valence electrons. The highest BCUT2D eigenvalue weighted by Crippen LogP contribution is 2.30. The zero-order valence-corrected chi connectivity index (χ0v) is 12.2. The Bertz CT molecular complexity index is 512. The Morgan fingerprint density at radius 3 is 2.76 bits per heavy atom. The molecule has 6 nitrogen and oxygen atoms in total. The number of carbonyl (C=O) groups is 1. The molecule has 0 heterocycles. The molecule has 1 aliphatic rings. The van der Waals surface area contributed by atoms with Crippen LogP contribution in [0.5, 0.6) is 0 Å². The summed E-state index contributed by atoms with van der Waals surface area (Å²) in [6.07, 6.45) is 4.02. The van der Waals surface area contributed by atoms with Crippen LogP contribution >= 0.6 is 0 Å². The van der Waals surface area contributed by atoms with Crippen molar-refractivity contribution in [2.24, 2.45) is 0 Å². The van der Waals surface area contributed by atoms with Gasteiger partial charge in [0, 0.05) is 24.8 Å². The number of hydrogen-bond donors (Lipinski definition) is 0. The van der Waals surface area contributed by atoms with Crippen molar-refractivity contribution in [1.82, 2.24) is 0 Å². The summed E-state index contributed by atoms with van der Waals surface area (Å²) in [5, 5.41) is 10.9. The molecule has 0 N–H and O–H groups in total. The maximum Gasteiger partial charge on any atom is 0.271 e. The normalized spacial score (nSPS) is 15.1. The Morgan fingerprint density at radius 1 is 1.43 bits per heavy atom. The number of non-ortho nitro benzene ring substituents is 1. The summed E-state index contributed by atoms with van der Waals surface area (Å²) in [5.41, 5.74) is 0.584. The molecule has 6 heteroatoms. The van der Waals surface area contributed by atoms with Gasteiger partial charge in [0.05, 0.1) is 10.6 Å². The first kappa shape index (κ1) is 15.4. The molecule has 0 atom stereocenters. The van der Waals surface area contributed by atoms with Gasteiger partial charge in [0.2, 0.25) is 0 Å². The molecule has 0 aromatic heterocycles. The first-order valence-corrected chi connectivity index (χ1v) is 7.27. The third kappa shape index (κ3) is 3.78. The molecule has 0 saturated heterocycles. The van der Waals surface area contributed by atoms with Gasteiger partial charge in [-0.3, -0.25) is 14.9 Å². The summed E-state index contributed by atoms with van der Waals surface area (Å²) < 4.78 is 5.21. The largest absolute Gasteiger partial charge is 0.372 e. The second kappa shape index (κ2) is 7.17. The minimum atomic E-state index is -0.441. The Balaban J connectivity index is 2.27. The first-order chi connectivity index (χ1) is 10.1. The fraction of sp³-hybridized carbons (Fsp3) is 0.533. The Morgan fingerprint density at radius 2 is 2.14 bits per heavy atom. The number of anilines is 1. The summed E-state index contributed by atoms with van der Waals surface area (Å²) in [5.74, 6) is -0.135. The third-order valence-corrected chi connectivity index (χ3v) is 3.71. The summed E-state index contributed by atoms with van der Waals surface area (Å²) in [6.45, 7) is 2.31. The molecular weight excluding hydrogens is 272 g/mol. The molecule has 0 bridgehead atoms. The number of amides is 1. The van der Waals surface area contributed by atoms with Gasteiger partial charge in [-0.25, -0.2) is 0 Å². The Kier molecular flexibility index (Phi) is 5.27. The van der Waals surface area contributed by atoms with Crippen molar-refractivity contribution in [3.8, 4) is 0 Å². The van der Waals surface area contributed by atoms with Crippen LogP contribution in [0.1, 0.15) is 32.6 Å². The second-order valence-corrected chi connectivity index (χ2v) is 5.12. The van der Waals surface area contributed by atoms with Crippen LogP contribution in [0, 0.1) is 10.1 Å². The maximum absolute atomic E-state index is 12.4. The lowest BCUT2D eigenvalue weighted by Gasteiger charge is -2.29. The van der Waals surface area contributed by atoms with Gasteiger partial charge >= 0.3 is 0 Å². The lowest BCUT2D eigenvalue weighted by Crippen LogP contribution is -2.41. The lowest BCUT2D eigenvalue weighted by atomic mass is 10.1. The van der Waals surface area contributed by atoms with Crippen LogP contribution in [0.4, 0.5) is 11.4 Å². The van der Waals surface area contributed by atoms with Gasteiger partial charge < -0.3 is 9.64 Å². The van der Waals surface area contributed by atoms with Crippen LogP contribution in [-0.4, -0.2) is 30.1 Å². The van der Waals surface area contributed by atoms with Gasteiger partial charge in [0.15, 0.2) is 0 Å². The zero-order valence-electron chi connectivity index (χ0n) is 12.2. The summed E-state index contributed by atoms with van der Waals surface area (Å²) in [6, 6.07) is 6.37. The molecule has 1 fully saturated rings. The fourth-order valence-corrected chi connectivity index (χ4v) is 2.74. The molecule has 21 heavy (non-hydrogen) atoms. The van der Waals surface area contributed by atoms with E-state index in [0.717, 1.165) is 25.7 Å². The number of rotatable bonds is 6. The Hall–Kier alpha value is -1.95. The molecule has 2 rings (SSSR count). The minimum absolute atomic E-state index is 0.000271. The van der Waals surface area contributed by atoms with Gasteiger partial charge in [0.25, 0.3) is 11.6 Å². The van der Waals surface area contributed by atoms with E-state index in [1.807, 2.05) is 6.92 Å². The third-order valence-electron chi connectivity index (χ3n) is 3.71. The van der Waals surface area contributed by atoms with E-state index in [9.17, 15) is 14.9 Å². The summed E-state index contributed by atoms with van der Waals surface area (Å²) in [4.78, 5) is 24.6. The molecule has 1 amide bonds. The predicted octanol–water partition coefficient (Wildman–Crippen LogP) is 2.91. The highest BCUT2D eigenvalue weighted by Gasteiger charge is 2.28. The van der Waals surface area contributed by atoms with E-state index < -0.39 is 4.92 Å². The first-order valence-electron chi connectivity index (χ1n) is 7.27. The molecule has 0 unspecified atom stereocenters. The predicted molar refractivity (Wildman–Crippen MR) is 79.3 cm³/mol. The quantitative estimate of drug-likeness (QED) is 0.597. The van der Waals surface area contributed by atoms with Crippen molar-refractivity contribution < 1.29 is 14.5 Å². The monoisotopic (exact) mass is 292 g/mol. The number of nitro groups is 1. The van der Waals surface area contributed by atoms with Crippen LogP contribution in [0.3, 0.4) is 0 Å². The number of ether oxygens (including phenoxy) is 1. The van der Waals surface area contributed by atoms with Gasteiger partial charge in [-0.1, -0.05) is 18.9 Å². The molecular formula is C15H20N2O4. The van der Waals surface area contributed by atoms with Gasteiger partial charge in [-0.05, 0) is 25.8 Å². The van der Waals surface area contributed by atoms with E-state index in [2.05, 4.69) is 0 Å². The number of carbonyl (C=O) groups excluding carboxylic acids is 1. The van der Waals surface area contributed by atoms with E-state index in [4.69, 9.17) is 4.74 Å². The number of benzene rings is 1. The Labute approximate surface area is 123 Å². The number of hydrogen-bond acceptors (Lipinski definition) is 4. The van der Waals surface area contributed by atoms with Crippen LogP contribution in [0.25, 0.3) is 0 Å². The molecule has 1 saturated carbocycles. The topological polar surface area (TPSA) is 72.7 Å². The summed E-state index contributed by atoms with van der Waals surface area (Å²) in [7, 11) is 0. The highest BCUT2D eigenvalue weighted by atomic mass is 16.6. The average Bonchev–Trinajstić information content (AvgIpc) is 2.99. The van der Waals surface area contributed by atoms with E-state index in [-0.39, 0.29) is 24.2 Å². The van der Waals surface area contributed by atoms with Gasteiger partial charge in [0.1, 0.15) is 6.61 Å². The maximum atomic E-state index is 12.4. The minimum Gasteiger partial charge on any atom is -0.372 e. The van der Waals surface area contributed by atoms with Crippen LogP contribution in [-0.2, 0) is 9.53 Å². The average molecular weight is 292 g/mol.